The first-order valence-corrected chi connectivity index (χ1v) is 6.03. The summed E-state index contributed by atoms with van der Waals surface area (Å²) in [5.74, 6) is -0.164. The van der Waals surface area contributed by atoms with Crippen LogP contribution in [0.25, 0.3) is 0 Å². The lowest BCUT2D eigenvalue weighted by atomic mass is 9.92. The molecule has 4 nitrogen and oxygen atoms in total. The van der Waals surface area contributed by atoms with E-state index in [1.54, 1.807) is 20.8 Å². The van der Waals surface area contributed by atoms with Crippen LogP contribution >= 0.6 is 0 Å². The van der Waals surface area contributed by atoms with Gasteiger partial charge in [-0.3, -0.25) is 4.79 Å². The van der Waals surface area contributed by atoms with Crippen molar-refractivity contribution in [2.45, 2.75) is 38.3 Å². The van der Waals surface area contributed by atoms with Gasteiger partial charge in [0.2, 0.25) is 5.91 Å². The molecule has 0 radical (unpaired) electrons. The summed E-state index contributed by atoms with van der Waals surface area (Å²) in [6, 6.07) is 9.41. The Balaban J connectivity index is 2.81. The van der Waals surface area contributed by atoms with Gasteiger partial charge in [-0.25, -0.2) is 0 Å². The van der Waals surface area contributed by atoms with E-state index in [-0.39, 0.29) is 18.9 Å². The number of nitrogens with one attached hydrogen (secondary N) is 1. The standard InChI is InChI=1S/C14H22N2O2/c1-13(2,15)9-12(18)16-14(3,10-17)11-7-5-4-6-8-11/h4-8,17H,9-10,15H2,1-3H3,(H,16,18). The van der Waals surface area contributed by atoms with E-state index in [0.717, 1.165) is 5.56 Å². The van der Waals surface area contributed by atoms with E-state index in [9.17, 15) is 9.90 Å². The number of benzene rings is 1. The minimum absolute atomic E-state index is 0.159. The van der Waals surface area contributed by atoms with E-state index < -0.39 is 11.1 Å². The number of carbonyl (C=O) groups excluding carboxylic acids is 1. The Hall–Kier alpha value is -1.39. The number of aliphatic hydroxyl groups is 1. The monoisotopic (exact) mass is 250 g/mol. The van der Waals surface area contributed by atoms with Crippen molar-refractivity contribution in [1.29, 1.82) is 0 Å². The SMILES string of the molecule is CC(C)(N)CC(=O)NC(C)(CO)c1ccccc1. The quantitative estimate of drug-likeness (QED) is 0.733. The Morgan fingerprint density at radius 3 is 2.28 bits per heavy atom. The molecular weight excluding hydrogens is 228 g/mol. The highest BCUT2D eigenvalue weighted by Gasteiger charge is 2.29. The van der Waals surface area contributed by atoms with Gasteiger partial charge >= 0.3 is 0 Å². The van der Waals surface area contributed by atoms with Crippen LogP contribution in [0, 0.1) is 0 Å². The van der Waals surface area contributed by atoms with Crippen LogP contribution in [0.2, 0.25) is 0 Å². The van der Waals surface area contributed by atoms with Crippen LogP contribution in [-0.4, -0.2) is 23.2 Å². The maximum Gasteiger partial charge on any atom is 0.222 e. The van der Waals surface area contributed by atoms with Crippen molar-refractivity contribution in [2.24, 2.45) is 5.73 Å². The Kier molecular flexibility index (Phi) is 4.48. The summed E-state index contributed by atoms with van der Waals surface area (Å²) in [7, 11) is 0. The van der Waals surface area contributed by atoms with Gasteiger partial charge in [-0.1, -0.05) is 30.3 Å². The van der Waals surface area contributed by atoms with E-state index in [1.165, 1.54) is 0 Å². The summed E-state index contributed by atoms with van der Waals surface area (Å²) in [6.45, 7) is 5.23. The van der Waals surface area contributed by atoms with Crippen molar-refractivity contribution in [1.82, 2.24) is 5.32 Å². The molecule has 0 heterocycles. The number of hydrogen-bond donors (Lipinski definition) is 3. The van der Waals surface area contributed by atoms with Gasteiger partial charge in [-0.2, -0.15) is 0 Å². The van der Waals surface area contributed by atoms with E-state index in [0.29, 0.717) is 0 Å². The van der Waals surface area contributed by atoms with Gasteiger partial charge < -0.3 is 16.2 Å². The molecule has 100 valence electrons. The molecule has 18 heavy (non-hydrogen) atoms. The van der Waals surface area contributed by atoms with Crippen LogP contribution in [0.3, 0.4) is 0 Å². The Morgan fingerprint density at radius 2 is 1.83 bits per heavy atom. The maximum atomic E-state index is 11.9. The molecule has 0 aliphatic heterocycles. The third kappa shape index (κ3) is 4.13. The van der Waals surface area contributed by atoms with Crippen molar-refractivity contribution >= 4 is 5.91 Å². The fraction of sp³-hybridized carbons (Fsp3) is 0.500. The van der Waals surface area contributed by atoms with E-state index in [4.69, 9.17) is 5.73 Å². The van der Waals surface area contributed by atoms with Crippen LogP contribution in [0.4, 0.5) is 0 Å². The van der Waals surface area contributed by atoms with Crippen LogP contribution in [-0.2, 0) is 10.3 Å². The molecule has 1 rings (SSSR count). The Morgan fingerprint density at radius 1 is 1.28 bits per heavy atom. The van der Waals surface area contributed by atoms with Crippen LogP contribution in [0.15, 0.2) is 30.3 Å². The van der Waals surface area contributed by atoms with E-state index >= 15 is 0 Å². The highest BCUT2D eigenvalue weighted by atomic mass is 16.3. The lowest BCUT2D eigenvalue weighted by molar-refractivity contribution is -0.124. The van der Waals surface area contributed by atoms with Crippen LogP contribution in [0.5, 0.6) is 0 Å². The third-order valence-electron chi connectivity index (χ3n) is 2.76. The molecule has 0 aromatic heterocycles. The third-order valence-corrected chi connectivity index (χ3v) is 2.76. The summed E-state index contributed by atoms with van der Waals surface area (Å²) in [5, 5.41) is 12.4. The smallest absolute Gasteiger partial charge is 0.222 e. The predicted molar refractivity (Wildman–Crippen MR) is 71.9 cm³/mol. The summed E-state index contributed by atoms with van der Waals surface area (Å²) in [6.07, 6.45) is 0.218. The molecule has 1 aromatic rings. The molecule has 0 spiro atoms. The number of hydrogen-bond acceptors (Lipinski definition) is 3. The average molecular weight is 250 g/mol. The number of aliphatic hydroxyl groups excluding tert-OH is 1. The summed E-state index contributed by atoms with van der Waals surface area (Å²) < 4.78 is 0. The molecule has 4 heteroatoms. The second-order valence-electron chi connectivity index (χ2n) is 5.57. The normalized spacial score (nSPS) is 14.9. The number of rotatable bonds is 5. The van der Waals surface area contributed by atoms with Crippen molar-refractivity contribution in [3.8, 4) is 0 Å². The predicted octanol–water partition coefficient (Wildman–Crippen LogP) is 1.14. The van der Waals surface area contributed by atoms with Gasteiger partial charge in [0, 0.05) is 12.0 Å². The number of nitrogens with two attached hydrogens (primary N) is 1. The minimum atomic E-state index is -0.774. The highest BCUT2D eigenvalue weighted by molar-refractivity contribution is 5.78. The molecular formula is C14H22N2O2. The molecule has 1 unspecified atom stereocenters. The Bertz CT molecular complexity index is 398. The van der Waals surface area contributed by atoms with Crippen molar-refractivity contribution in [2.75, 3.05) is 6.61 Å². The summed E-state index contributed by atoms with van der Waals surface area (Å²) in [4.78, 5) is 11.9. The molecule has 0 fully saturated rings. The molecule has 1 amide bonds. The topological polar surface area (TPSA) is 75.4 Å². The van der Waals surface area contributed by atoms with Gasteiger partial charge in [0.25, 0.3) is 0 Å². The second kappa shape index (κ2) is 5.50. The van der Waals surface area contributed by atoms with Gasteiger partial charge in [-0.05, 0) is 26.3 Å². The molecule has 0 saturated carbocycles. The zero-order valence-corrected chi connectivity index (χ0v) is 11.2. The highest BCUT2D eigenvalue weighted by Crippen LogP contribution is 2.20. The van der Waals surface area contributed by atoms with Gasteiger partial charge in [0.05, 0.1) is 12.1 Å². The molecule has 1 atom stereocenters. The first-order valence-electron chi connectivity index (χ1n) is 6.03. The maximum absolute atomic E-state index is 11.9. The first-order chi connectivity index (χ1) is 8.27. The minimum Gasteiger partial charge on any atom is -0.394 e. The van der Waals surface area contributed by atoms with Gasteiger partial charge in [0.1, 0.15) is 0 Å². The fourth-order valence-electron chi connectivity index (χ4n) is 1.77. The summed E-state index contributed by atoms with van der Waals surface area (Å²) in [5.41, 5.74) is 5.35. The van der Waals surface area contributed by atoms with Crippen LogP contribution < -0.4 is 11.1 Å². The van der Waals surface area contributed by atoms with Crippen LogP contribution in [0.1, 0.15) is 32.8 Å². The van der Waals surface area contributed by atoms with Crippen molar-refractivity contribution < 1.29 is 9.90 Å². The molecule has 4 N–H and O–H groups in total. The fourth-order valence-corrected chi connectivity index (χ4v) is 1.77. The zero-order chi connectivity index (χ0) is 13.8. The number of amides is 1. The van der Waals surface area contributed by atoms with Gasteiger partial charge in [0.15, 0.2) is 0 Å². The lowest BCUT2D eigenvalue weighted by Gasteiger charge is -2.30. The number of carbonyl (C=O) groups is 1. The average Bonchev–Trinajstić information content (AvgIpc) is 2.27. The van der Waals surface area contributed by atoms with Gasteiger partial charge in [-0.15, -0.1) is 0 Å². The Labute approximate surface area is 108 Å². The largest absolute Gasteiger partial charge is 0.394 e. The van der Waals surface area contributed by atoms with Crippen molar-refractivity contribution in [3.63, 3.8) is 0 Å². The molecule has 0 aliphatic carbocycles. The van der Waals surface area contributed by atoms with Crippen molar-refractivity contribution in [3.05, 3.63) is 35.9 Å². The lowest BCUT2D eigenvalue weighted by Crippen LogP contribution is -2.49. The molecule has 0 saturated heterocycles. The molecule has 0 aliphatic rings. The second-order valence-corrected chi connectivity index (χ2v) is 5.57. The zero-order valence-electron chi connectivity index (χ0n) is 11.2. The molecule has 1 aromatic carbocycles. The molecule has 0 bridgehead atoms. The first kappa shape index (κ1) is 14.7. The summed E-state index contributed by atoms with van der Waals surface area (Å²) >= 11 is 0. The van der Waals surface area contributed by atoms with E-state index in [2.05, 4.69) is 5.32 Å². The van der Waals surface area contributed by atoms with E-state index in [1.807, 2.05) is 30.3 Å².